The van der Waals surface area contributed by atoms with Crippen molar-refractivity contribution in [1.29, 1.82) is 0 Å². The predicted molar refractivity (Wildman–Crippen MR) is 94.4 cm³/mol. The molecule has 23 heavy (non-hydrogen) atoms. The smallest absolute Gasteiger partial charge is 0.223 e. The van der Waals surface area contributed by atoms with Gasteiger partial charge in [-0.1, -0.05) is 42.5 Å². The zero-order valence-corrected chi connectivity index (χ0v) is 13.3. The molecule has 1 saturated heterocycles. The number of nitrogens with zero attached hydrogens (tertiary/aromatic N) is 2. The van der Waals surface area contributed by atoms with Crippen molar-refractivity contribution in [3.05, 3.63) is 60.2 Å². The van der Waals surface area contributed by atoms with E-state index in [1.165, 1.54) is 5.56 Å². The fourth-order valence-corrected chi connectivity index (χ4v) is 3.03. The molecule has 2 aromatic carbocycles. The number of hydrogen-bond acceptors (Lipinski definition) is 3. The summed E-state index contributed by atoms with van der Waals surface area (Å²) in [6, 6.07) is 18.1. The number of amides is 1. The molecule has 0 radical (unpaired) electrons. The van der Waals surface area contributed by atoms with Gasteiger partial charge in [-0.2, -0.15) is 0 Å². The lowest BCUT2D eigenvalue weighted by atomic mass is 10.1. The lowest BCUT2D eigenvalue weighted by Crippen LogP contribution is -2.49. The monoisotopic (exact) mass is 309 g/mol. The maximum atomic E-state index is 12.4. The minimum Gasteiger partial charge on any atom is -0.397 e. The largest absolute Gasteiger partial charge is 0.397 e. The van der Waals surface area contributed by atoms with Gasteiger partial charge in [0.15, 0.2) is 0 Å². The van der Waals surface area contributed by atoms with Gasteiger partial charge in [-0.25, -0.2) is 0 Å². The number of carbonyl (C=O) groups is 1. The van der Waals surface area contributed by atoms with Gasteiger partial charge in [0.1, 0.15) is 0 Å². The van der Waals surface area contributed by atoms with Gasteiger partial charge in [-0.05, 0) is 24.1 Å². The lowest BCUT2D eigenvalue weighted by Gasteiger charge is -2.36. The Morgan fingerprint density at radius 1 is 0.913 bits per heavy atom. The summed E-state index contributed by atoms with van der Waals surface area (Å²) in [5.74, 6) is 0.245. The standard InChI is InChI=1S/C19H23N3O/c20-17-8-4-5-9-18(17)21-12-14-22(15-13-21)19(23)11-10-16-6-2-1-3-7-16/h1-9H,10-15,20H2. The van der Waals surface area contributed by atoms with Crippen LogP contribution in [-0.2, 0) is 11.2 Å². The third kappa shape index (κ3) is 3.83. The van der Waals surface area contributed by atoms with Crippen LogP contribution in [0.25, 0.3) is 0 Å². The first-order valence-corrected chi connectivity index (χ1v) is 8.15. The van der Waals surface area contributed by atoms with Crippen LogP contribution < -0.4 is 10.6 Å². The minimum atomic E-state index is 0.245. The second kappa shape index (κ2) is 7.18. The predicted octanol–water partition coefficient (Wildman–Crippen LogP) is 2.55. The number of aryl methyl sites for hydroxylation is 1. The van der Waals surface area contributed by atoms with E-state index < -0.39 is 0 Å². The first-order valence-electron chi connectivity index (χ1n) is 8.15. The molecule has 0 bridgehead atoms. The molecule has 1 aliphatic rings. The van der Waals surface area contributed by atoms with Crippen molar-refractivity contribution in [3.8, 4) is 0 Å². The Morgan fingerprint density at radius 2 is 1.57 bits per heavy atom. The Labute approximate surface area is 137 Å². The number of carbonyl (C=O) groups excluding carboxylic acids is 1. The molecule has 1 fully saturated rings. The number of para-hydroxylation sites is 2. The Balaban J connectivity index is 1.50. The van der Waals surface area contributed by atoms with Crippen LogP contribution in [0.5, 0.6) is 0 Å². The molecule has 0 saturated carbocycles. The molecule has 2 aromatic rings. The average molecular weight is 309 g/mol. The highest BCUT2D eigenvalue weighted by atomic mass is 16.2. The third-order valence-corrected chi connectivity index (χ3v) is 4.38. The molecule has 120 valence electrons. The molecule has 0 spiro atoms. The summed E-state index contributed by atoms with van der Waals surface area (Å²) >= 11 is 0. The van der Waals surface area contributed by atoms with E-state index in [1.54, 1.807) is 0 Å². The summed E-state index contributed by atoms with van der Waals surface area (Å²) in [6.07, 6.45) is 1.39. The summed E-state index contributed by atoms with van der Waals surface area (Å²) in [7, 11) is 0. The zero-order valence-electron chi connectivity index (χ0n) is 13.3. The molecular weight excluding hydrogens is 286 g/mol. The van der Waals surface area contributed by atoms with Crippen LogP contribution in [0.1, 0.15) is 12.0 Å². The van der Waals surface area contributed by atoms with E-state index >= 15 is 0 Å². The van der Waals surface area contributed by atoms with Gasteiger partial charge in [0.25, 0.3) is 0 Å². The lowest BCUT2D eigenvalue weighted by molar-refractivity contribution is -0.131. The topological polar surface area (TPSA) is 49.6 Å². The number of hydrogen-bond donors (Lipinski definition) is 1. The van der Waals surface area contributed by atoms with Gasteiger partial charge < -0.3 is 15.5 Å². The summed E-state index contributed by atoms with van der Waals surface area (Å²) < 4.78 is 0. The number of benzene rings is 2. The van der Waals surface area contributed by atoms with Crippen LogP contribution in [0, 0.1) is 0 Å². The van der Waals surface area contributed by atoms with Crippen molar-refractivity contribution < 1.29 is 4.79 Å². The molecule has 1 aliphatic heterocycles. The molecule has 3 rings (SSSR count). The molecule has 4 heteroatoms. The highest BCUT2D eigenvalue weighted by Gasteiger charge is 2.21. The average Bonchev–Trinajstić information content (AvgIpc) is 2.61. The number of anilines is 2. The van der Waals surface area contributed by atoms with Crippen molar-refractivity contribution in [1.82, 2.24) is 4.90 Å². The van der Waals surface area contributed by atoms with Gasteiger partial charge >= 0.3 is 0 Å². The normalized spacial score (nSPS) is 14.8. The SMILES string of the molecule is Nc1ccccc1N1CCN(C(=O)CCc2ccccc2)CC1. The van der Waals surface area contributed by atoms with Crippen molar-refractivity contribution in [2.45, 2.75) is 12.8 Å². The second-order valence-electron chi connectivity index (χ2n) is 5.91. The van der Waals surface area contributed by atoms with E-state index in [1.807, 2.05) is 47.4 Å². The molecule has 1 heterocycles. The third-order valence-electron chi connectivity index (χ3n) is 4.38. The van der Waals surface area contributed by atoms with Gasteiger partial charge in [0.05, 0.1) is 11.4 Å². The molecule has 0 atom stereocenters. The number of piperazine rings is 1. The maximum Gasteiger partial charge on any atom is 0.223 e. The number of rotatable bonds is 4. The van der Waals surface area contributed by atoms with E-state index in [9.17, 15) is 4.79 Å². The van der Waals surface area contributed by atoms with Crippen LogP contribution in [0.3, 0.4) is 0 Å². The van der Waals surface area contributed by atoms with Crippen LogP contribution >= 0.6 is 0 Å². The first kappa shape index (κ1) is 15.4. The summed E-state index contributed by atoms with van der Waals surface area (Å²) in [5.41, 5.74) is 9.13. The Hall–Kier alpha value is -2.49. The number of nitrogens with two attached hydrogens (primary N) is 1. The molecule has 0 aromatic heterocycles. The van der Waals surface area contributed by atoms with Gasteiger partial charge in [0.2, 0.25) is 5.91 Å². The molecule has 2 N–H and O–H groups in total. The fourth-order valence-electron chi connectivity index (χ4n) is 3.03. The quantitative estimate of drug-likeness (QED) is 0.883. The van der Waals surface area contributed by atoms with Crippen molar-refractivity contribution >= 4 is 17.3 Å². The summed E-state index contributed by atoms with van der Waals surface area (Å²) in [4.78, 5) is 16.6. The van der Waals surface area contributed by atoms with Gasteiger partial charge in [-0.15, -0.1) is 0 Å². The van der Waals surface area contributed by atoms with Crippen LogP contribution in [0.2, 0.25) is 0 Å². The molecule has 4 nitrogen and oxygen atoms in total. The van der Waals surface area contributed by atoms with Crippen LogP contribution in [0.15, 0.2) is 54.6 Å². The van der Waals surface area contributed by atoms with Crippen molar-refractivity contribution in [2.24, 2.45) is 0 Å². The maximum absolute atomic E-state index is 12.4. The Bertz CT molecular complexity index is 649. The highest BCUT2D eigenvalue weighted by molar-refractivity contribution is 5.77. The Morgan fingerprint density at radius 3 is 2.26 bits per heavy atom. The van der Waals surface area contributed by atoms with Gasteiger partial charge in [-0.3, -0.25) is 4.79 Å². The van der Waals surface area contributed by atoms with E-state index in [0.717, 1.165) is 44.0 Å². The number of nitrogen functional groups attached to an aromatic ring is 1. The van der Waals surface area contributed by atoms with E-state index in [0.29, 0.717) is 6.42 Å². The van der Waals surface area contributed by atoms with Crippen LogP contribution in [0.4, 0.5) is 11.4 Å². The molecular formula is C19H23N3O. The molecule has 0 unspecified atom stereocenters. The van der Waals surface area contributed by atoms with Crippen molar-refractivity contribution in [3.63, 3.8) is 0 Å². The Kier molecular flexibility index (Phi) is 4.81. The summed E-state index contributed by atoms with van der Waals surface area (Å²) in [5, 5.41) is 0. The fraction of sp³-hybridized carbons (Fsp3) is 0.316. The van der Waals surface area contributed by atoms with Crippen molar-refractivity contribution in [2.75, 3.05) is 36.8 Å². The molecule has 0 aliphatic carbocycles. The highest BCUT2D eigenvalue weighted by Crippen LogP contribution is 2.23. The second-order valence-corrected chi connectivity index (χ2v) is 5.91. The summed E-state index contributed by atoms with van der Waals surface area (Å²) in [6.45, 7) is 3.21. The minimum absolute atomic E-state index is 0.245. The molecule has 1 amide bonds. The zero-order chi connectivity index (χ0) is 16.1. The van der Waals surface area contributed by atoms with Gasteiger partial charge in [0, 0.05) is 32.6 Å². The first-order chi connectivity index (χ1) is 11.2. The van der Waals surface area contributed by atoms with E-state index in [4.69, 9.17) is 5.73 Å². The van der Waals surface area contributed by atoms with E-state index in [2.05, 4.69) is 17.0 Å². The van der Waals surface area contributed by atoms with Crippen LogP contribution in [-0.4, -0.2) is 37.0 Å². The van der Waals surface area contributed by atoms with E-state index in [-0.39, 0.29) is 5.91 Å².